The molecule has 2 heteroatoms. The highest BCUT2D eigenvalue weighted by Crippen LogP contribution is 2.10. The van der Waals surface area contributed by atoms with Crippen LogP contribution in [0.1, 0.15) is 19.8 Å². The summed E-state index contributed by atoms with van der Waals surface area (Å²) in [6.07, 6.45) is 6.30. The Balaban J connectivity index is 1.89. The van der Waals surface area contributed by atoms with Crippen LogP contribution in [-0.2, 0) is 9.47 Å². The lowest BCUT2D eigenvalue weighted by Crippen LogP contribution is -2.30. The molecule has 0 aromatic carbocycles. The fourth-order valence-corrected chi connectivity index (χ4v) is 0.743. The second-order valence-electron chi connectivity index (χ2n) is 2.39. The Bertz CT molecular complexity index is 106. The predicted molar refractivity (Wildman–Crippen MR) is 39.7 cm³/mol. The van der Waals surface area contributed by atoms with Crippen molar-refractivity contribution >= 4 is 0 Å². The first-order chi connectivity index (χ1) is 4.93. The molecule has 0 bridgehead atoms. The van der Waals surface area contributed by atoms with Crippen molar-refractivity contribution in [2.75, 3.05) is 13.2 Å². The lowest BCUT2D eigenvalue weighted by molar-refractivity contribution is -0.0798. The Labute approximate surface area is 61.8 Å². The van der Waals surface area contributed by atoms with E-state index < -0.39 is 0 Å². The molecule has 1 fully saturated rings. The average molecular weight is 142 g/mol. The van der Waals surface area contributed by atoms with Crippen LogP contribution in [0.3, 0.4) is 0 Å². The van der Waals surface area contributed by atoms with Crippen molar-refractivity contribution in [2.45, 2.75) is 25.9 Å². The number of allylic oxidation sites excluding steroid dienone is 1. The lowest BCUT2D eigenvalue weighted by Gasteiger charge is -2.25. The van der Waals surface area contributed by atoms with Gasteiger partial charge in [-0.2, -0.15) is 0 Å². The molecule has 1 aliphatic rings. The van der Waals surface area contributed by atoms with Crippen molar-refractivity contribution in [3.8, 4) is 0 Å². The van der Waals surface area contributed by atoms with Gasteiger partial charge in [-0.3, -0.25) is 0 Å². The lowest BCUT2D eigenvalue weighted by atomic mass is 10.2. The maximum Gasteiger partial charge on any atom is 0.114 e. The van der Waals surface area contributed by atoms with Crippen molar-refractivity contribution in [1.82, 2.24) is 0 Å². The molecule has 0 radical (unpaired) electrons. The first-order valence-electron chi connectivity index (χ1n) is 3.81. The Morgan fingerprint density at radius 1 is 1.70 bits per heavy atom. The third-order valence-corrected chi connectivity index (χ3v) is 1.50. The molecule has 1 heterocycles. The van der Waals surface area contributed by atoms with E-state index in [4.69, 9.17) is 9.47 Å². The summed E-state index contributed by atoms with van der Waals surface area (Å²) in [6, 6.07) is 0. The summed E-state index contributed by atoms with van der Waals surface area (Å²) in [7, 11) is 0. The molecule has 1 rings (SSSR count). The summed E-state index contributed by atoms with van der Waals surface area (Å²) >= 11 is 0. The maximum atomic E-state index is 5.17. The highest BCUT2D eigenvalue weighted by Gasteiger charge is 2.17. The maximum absolute atomic E-state index is 5.17. The molecule has 58 valence electrons. The van der Waals surface area contributed by atoms with Gasteiger partial charge >= 0.3 is 0 Å². The summed E-state index contributed by atoms with van der Waals surface area (Å²) < 4.78 is 10.3. The van der Waals surface area contributed by atoms with Crippen LogP contribution in [0.2, 0.25) is 0 Å². The molecular formula is C8H14O2. The van der Waals surface area contributed by atoms with Crippen LogP contribution in [0.25, 0.3) is 0 Å². The quantitative estimate of drug-likeness (QED) is 0.556. The molecule has 0 aromatic heterocycles. The molecule has 0 N–H and O–H groups in total. The zero-order valence-electron chi connectivity index (χ0n) is 6.38. The van der Waals surface area contributed by atoms with Crippen LogP contribution in [0.4, 0.5) is 0 Å². The Kier molecular flexibility index (Phi) is 3.30. The van der Waals surface area contributed by atoms with Crippen LogP contribution >= 0.6 is 0 Å². The van der Waals surface area contributed by atoms with E-state index >= 15 is 0 Å². The topological polar surface area (TPSA) is 18.5 Å². The normalized spacial score (nSPS) is 24.7. The fraction of sp³-hybridized carbons (Fsp3) is 0.750. The molecule has 10 heavy (non-hydrogen) atoms. The summed E-state index contributed by atoms with van der Waals surface area (Å²) in [5.41, 5.74) is 0. The standard InChI is InChI=1S/C8H14O2/c1-2-3-5-9-7-8-4-6-10-8/h3,5,8H,2,4,6-7H2,1H3. The van der Waals surface area contributed by atoms with Crippen LogP contribution in [-0.4, -0.2) is 19.3 Å². The predicted octanol–water partition coefficient (Wildman–Crippen LogP) is 1.72. The van der Waals surface area contributed by atoms with Gasteiger partial charge in [0.05, 0.1) is 12.4 Å². The van der Waals surface area contributed by atoms with Crippen LogP contribution in [0, 0.1) is 0 Å². The van der Waals surface area contributed by atoms with Crippen molar-refractivity contribution < 1.29 is 9.47 Å². The largest absolute Gasteiger partial charge is 0.499 e. The molecule has 1 aliphatic heterocycles. The molecular weight excluding hydrogens is 128 g/mol. The number of hydrogen-bond acceptors (Lipinski definition) is 2. The second-order valence-corrected chi connectivity index (χ2v) is 2.39. The summed E-state index contributed by atoms with van der Waals surface area (Å²) in [6.45, 7) is 3.71. The molecule has 1 atom stereocenters. The zero-order valence-corrected chi connectivity index (χ0v) is 6.38. The van der Waals surface area contributed by atoms with Crippen LogP contribution < -0.4 is 0 Å². The second kappa shape index (κ2) is 4.34. The van der Waals surface area contributed by atoms with Gasteiger partial charge < -0.3 is 9.47 Å². The summed E-state index contributed by atoms with van der Waals surface area (Å²) in [4.78, 5) is 0. The molecule has 1 unspecified atom stereocenters. The molecule has 2 nitrogen and oxygen atoms in total. The van der Waals surface area contributed by atoms with Gasteiger partial charge in [0, 0.05) is 13.0 Å². The smallest absolute Gasteiger partial charge is 0.114 e. The van der Waals surface area contributed by atoms with Gasteiger partial charge in [0.1, 0.15) is 6.61 Å². The van der Waals surface area contributed by atoms with Gasteiger partial charge in [0.25, 0.3) is 0 Å². The van der Waals surface area contributed by atoms with E-state index in [0.717, 1.165) is 26.1 Å². The average Bonchev–Trinajstić information content (AvgIpc) is 1.84. The van der Waals surface area contributed by atoms with Gasteiger partial charge in [-0.05, 0) is 6.42 Å². The van der Waals surface area contributed by atoms with Gasteiger partial charge in [-0.15, -0.1) is 0 Å². The monoisotopic (exact) mass is 142 g/mol. The van der Waals surface area contributed by atoms with E-state index in [2.05, 4.69) is 6.92 Å². The van der Waals surface area contributed by atoms with E-state index in [1.54, 1.807) is 6.26 Å². The van der Waals surface area contributed by atoms with Crippen molar-refractivity contribution in [2.24, 2.45) is 0 Å². The Hall–Kier alpha value is -0.500. The molecule has 0 spiro atoms. The summed E-state index contributed by atoms with van der Waals surface area (Å²) in [5, 5.41) is 0. The summed E-state index contributed by atoms with van der Waals surface area (Å²) in [5.74, 6) is 0. The first-order valence-corrected chi connectivity index (χ1v) is 3.81. The molecule has 1 saturated heterocycles. The minimum Gasteiger partial charge on any atom is -0.499 e. The zero-order chi connectivity index (χ0) is 7.23. The molecule has 0 saturated carbocycles. The minimum absolute atomic E-state index is 0.363. The molecule has 0 amide bonds. The van der Waals surface area contributed by atoms with E-state index in [9.17, 15) is 0 Å². The van der Waals surface area contributed by atoms with Gasteiger partial charge in [0.15, 0.2) is 0 Å². The molecule has 0 aromatic rings. The van der Waals surface area contributed by atoms with Crippen LogP contribution in [0.15, 0.2) is 12.3 Å². The van der Waals surface area contributed by atoms with Crippen molar-refractivity contribution in [3.63, 3.8) is 0 Å². The Morgan fingerprint density at radius 2 is 2.50 bits per heavy atom. The number of hydrogen-bond donors (Lipinski definition) is 0. The van der Waals surface area contributed by atoms with Crippen molar-refractivity contribution in [1.29, 1.82) is 0 Å². The van der Waals surface area contributed by atoms with E-state index in [-0.39, 0.29) is 0 Å². The van der Waals surface area contributed by atoms with Gasteiger partial charge in [-0.25, -0.2) is 0 Å². The third-order valence-electron chi connectivity index (χ3n) is 1.50. The van der Waals surface area contributed by atoms with E-state index in [1.165, 1.54) is 0 Å². The van der Waals surface area contributed by atoms with E-state index in [1.807, 2.05) is 6.08 Å². The molecule has 0 aliphatic carbocycles. The number of ether oxygens (including phenoxy) is 2. The van der Waals surface area contributed by atoms with Crippen molar-refractivity contribution in [3.05, 3.63) is 12.3 Å². The first kappa shape index (κ1) is 7.61. The highest BCUT2D eigenvalue weighted by molar-refractivity contribution is 4.73. The highest BCUT2D eigenvalue weighted by atomic mass is 16.5. The fourth-order valence-electron chi connectivity index (χ4n) is 0.743. The van der Waals surface area contributed by atoms with Gasteiger partial charge in [-0.1, -0.05) is 13.0 Å². The van der Waals surface area contributed by atoms with Gasteiger partial charge in [0.2, 0.25) is 0 Å². The third kappa shape index (κ3) is 2.40. The SMILES string of the molecule is CCC=COCC1CCO1. The van der Waals surface area contributed by atoms with E-state index in [0.29, 0.717) is 6.10 Å². The number of rotatable bonds is 4. The Morgan fingerprint density at radius 3 is 3.00 bits per heavy atom. The van der Waals surface area contributed by atoms with Crippen LogP contribution in [0.5, 0.6) is 0 Å². The minimum atomic E-state index is 0.363.